The van der Waals surface area contributed by atoms with Crippen LogP contribution in [-0.2, 0) is 0 Å². The molecule has 1 nitrogen and oxygen atoms in total. The first-order chi connectivity index (χ1) is 7.52. The number of rotatable bonds is 7. The van der Waals surface area contributed by atoms with E-state index in [1.165, 1.54) is 0 Å². The van der Waals surface area contributed by atoms with Crippen LogP contribution in [0.25, 0.3) is 0 Å². The van der Waals surface area contributed by atoms with Gasteiger partial charge in [0.1, 0.15) is 5.83 Å². The topological polar surface area (TPSA) is 12.0 Å². The summed E-state index contributed by atoms with van der Waals surface area (Å²) in [5, 5.41) is 3.07. The summed E-state index contributed by atoms with van der Waals surface area (Å²) in [4.78, 5) is 0. The zero-order valence-corrected chi connectivity index (χ0v) is 10.6. The monoisotopic (exact) mass is 223 g/mol. The van der Waals surface area contributed by atoms with Gasteiger partial charge in [-0.05, 0) is 31.4 Å². The van der Waals surface area contributed by atoms with Gasteiger partial charge < -0.3 is 5.32 Å². The summed E-state index contributed by atoms with van der Waals surface area (Å²) in [6.45, 7) is 13.7. The summed E-state index contributed by atoms with van der Waals surface area (Å²) in [5.41, 5.74) is 2.00. The molecule has 0 aliphatic carbocycles. The first-order valence-corrected chi connectivity index (χ1v) is 5.61. The molecular weight excluding hydrogens is 201 g/mol. The quantitative estimate of drug-likeness (QED) is 0.636. The van der Waals surface area contributed by atoms with Crippen LogP contribution in [0.3, 0.4) is 0 Å². The van der Waals surface area contributed by atoms with Crippen LogP contribution in [0.2, 0.25) is 0 Å². The van der Waals surface area contributed by atoms with Gasteiger partial charge in [-0.3, -0.25) is 0 Å². The molecule has 0 fully saturated rings. The lowest BCUT2D eigenvalue weighted by Crippen LogP contribution is -2.15. The molecule has 0 spiro atoms. The van der Waals surface area contributed by atoms with E-state index in [0.29, 0.717) is 17.7 Å². The van der Waals surface area contributed by atoms with Gasteiger partial charge in [0.15, 0.2) is 0 Å². The molecule has 0 saturated carbocycles. The van der Waals surface area contributed by atoms with E-state index in [2.05, 4.69) is 25.4 Å². The number of hydrogen-bond donors (Lipinski definition) is 1. The van der Waals surface area contributed by atoms with E-state index >= 15 is 0 Å². The normalized spacial score (nSPS) is 12.5. The summed E-state index contributed by atoms with van der Waals surface area (Å²) < 4.78 is 13.7. The van der Waals surface area contributed by atoms with Crippen LogP contribution >= 0.6 is 0 Å². The maximum atomic E-state index is 13.7. The average molecular weight is 223 g/mol. The van der Waals surface area contributed by atoms with Crippen molar-refractivity contribution < 1.29 is 4.39 Å². The Kier molecular flexibility index (Phi) is 7.27. The number of halogens is 1. The lowest BCUT2D eigenvalue weighted by Gasteiger charge is -2.10. The highest BCUT2D eigenvalue weighted by molar-refractivity contribution is 5.33. The molecule has 0 heterocycles. The van der Waals surface area contributed by atoms with Gasteiger partial charge in [-0.2, -0.15) is 0 Å². The molecule has 0 rings (SSSR count). The van der Waals surface area contributed by atoms with Crippen molar-refractivity contribution in [1.29, 1.82) is 0 Å². The van der Waals surface area contributed by atoms with Crippen molar-refractivity contribution in [3.05, 3.63) is 48.0 Å². The second-order valence-electron chi connectivity index (χ2n) is 3.81. The third-order valence-electron chi connectivity index (χ3n) is 2.18. The largest absolute Gasteiger partial charge is 0.385 e. The minimum atomic E-state index is -0.241. The van der Waals surface area contributed by atoms with E-state index in [4.69, 9.17) is 0 Å². The van der Waals surface area contributed by atoms with Crippen LogP contribution in [0.4, 0.5) is 4.39 Å². The van der Waals surface area contributed by atoms with Crippen molar-refractivity contribution in [3.63, 3.8) is 0 Å². The van der Waals surface area contributed by atoms with E-state index in [1.807, 2.05) is 13.0 Å². The van der Waals surface area contributed by atoms with Crippen LogP contribution in [0, 0.1) is 0 Å². The van der Waals surface area contributed by atoms with Gasteiger partial charge in [0.05, 0.1) is 0 Å². The number of allylic oxidation sites excluding steroid dienone is 4. The van der Waals surface area contributed by atoms with E-state index in [0.717, 1.165) is 18.5 Å². The highest BCUT2D eigenvalue weighted by Gasteiger charge is 2.04. The minimum Gasteiger partial charge on any atom is -0.385 e. The molecule has 0 radical (unpaired) electrons. The Labute approximate surface area is 98.4 Å². The summed E-state index contributed by atoms with van der Waals surface area (Å²) >= 11 is 0. The molecule has 0 saturated heterocycles. The first-order valence-electron chi connectivity index (χ1n) is 5.61. The average Bonchev–Trinajstić information content (AvgIpc) is 2.25. The highest BCUT2D eigenvalue weighted by atomic mass is 19.1. The van der Waals surface area contributed by atoms with Crippen molar-refractivity contribution in [3.8, 4) is 0 Å². The van der Waals surface area contributed by atoms with Crippen molar-refractivity contribution in [1.82, 2.24) is 5.32 Å². The summed E-state index contributed by atoms with van der Waals surface area (Å²) in [7, 11) is 0. The van der Waals surface area contributed by atoms with E-state index in [-0.39, 0.29) is 5.83 Å². The fourth-order valence-corrected chi connectivity index (χ4v) is 1.30. The molecule has 0 aliphatic heterocycles. The predicted octanol–water partition coefficient (Wildman–Crippen LogP) is 4.27. The van der Waals surface area contributed by atoms with Crippen molar-refractivity contribution in [2.75, 3.05) is 6.54 Å². The Balaban J connectivity index is 4.27. The van der Waals surface area contributed by atoms with Gasteiger partial charge >= 0.3 is 0 Å². The smallest absolute Gasteiger partial charge is 0.130 e. The molecular formula is C14H22FN. The van der Waals surface area contributed by atoms with Gasteiger partial charge in [-0.15, -0.1) is 0 Å². The zero-order valence-electron chi connectivity index (χ0n) is 10.6. The fraction of sp³-hybridized carbons (Fsp3) is 0.429. The van der Waals surface area contributed by atoms with Gasteiger partial charge in [0.25, 0.3) is 0 Å². The molecule has 0 bridgehead atoms. The van der Waals surface area contributed by atoms with Crippen molar-refractivity contribution in [2.24, 2.45) is 0 Å². The molecule has 1 N–H and O–H groups in total. The summed E-state index contributed by atoms with van der Waals surface area (Å²) in [6, 6.07) is 0. The Morgan fingerprint density at radius 2 is 2.00 bits per heavy atom. The molecule has 0 atom stereocenters. The maximum absolute atomic E-state index is 13.7. The minimum absolute atomic E-state index is 0.241. The maximum Gasteiger partial charge on any atom is 0.130 e. The Morgan fingerprint density at radius 1 is 1.38 bits per heavy atom. The lowest BCUT2D eigenvalue weighted by molar-refractivity contribution is 0.629. The molecule has 0 aromatic heterocycles. The van der Waals surface area contributed by atoms with Gasteiger partial charge in [0, 0.05) is 12.2 Å². The molecule has 0 unspecified atom stereocenters. The molecule has 0 aliphatic rings. The molecule has 0 amide bonds. The van der Waals surface area contributed by atoms with Gasteiger partial charge in [0.2, 0.25) is 0 Å². The Hall–Kier alpha value is -1.31. The Morgan fingerprint density at radius 3 is 2.50 bits per heavy atom. The predicted molar refractivity (Wildman–Crippen MR) is 69.8 cm³/mol. The number of nitrogens with one attached hydrogen (secondary N) is 1. The van der Waals surface area contributed by atoms with E-state index in [1.54, 1.807) is 13.0 Å². The second-order valence-corrected chi connectivity index (χ2v) is 3.81. The van der Waals surface area contributed by atoms with Crippen LogP contribution in [0.5, 0.6) is 0 Å². The first kappa shape index (κ1) is 14.7. The van der Waals surface area contributed by atoms with Crippen LogP contribution < -0.4 is 5.32 Å². The molecule has 90 valence electrons. The van der Waals surface area contributed by atoms with Crippen LogP contribution in [-0.4, -0.2) is 6.54 Å². The summed E-state index contributed by atoms with van der Waals surface area (Å²) in [5.74, 6) is -0.241. The Bertz CT molecular complexity index is 311. The standard InChI is InChI=1S/C14H22FN/c1-6-8-11(3)14(15)12(4)10-16-13(5)9-7-2/h6,8,16H,4-5,7,9-10H2,1-3H3/b8-6-,14-11+. The SMILES string of the molecule is C=C(CCC)NCC(=C)/C(F)=C(C)\C=C/C. The lowest BCUT2D eigenvalue weighted by atomic mass is 10.1. The zero-order chi connectivity index (χ0) is 12.6. The van der Waals surface area contributed by atoms with Gasteiger partial charge in [-0.1, -0.05) is 38.7 Å². The molecule has 0 aromatic rings. The van der Waals surface area contributed by atoms with E-state index < -0.39 is 0 Å². The van der Waals surface area contributed by atoms with Crippen molar-refractivity contribution >= 4 is 0 Å². The van der Waals surface area contributed by atoms with Crippen LogP contribution in [0.15, 0.2) is 48.0 Å². The van der Waals surface area contributed by atoms with E-state index in [9.17, 15) is 4.39 Å². The number of hydrogen-bond acceptors (Lipinski definition) is 1. The third-order valence-corrected chi connectivity index (χ3v) is 2.18. The summed E-state index contributed by atoms with van der Waals surface area (Å²) in [6.07, 6.45) is 5.49. The van der Waals surface area contributed by atoms with Crippen LogP contribution in [0.1, 0.15) is 33.6 Å². The highest BCUT2D eigenvalue weighted by Crippen LogP contribution is 2.15. The molecule has 0 aromatic carbocycles. The second kappa shape index (κ2) is 7.91. The van der Waals surface area contributed by atoms with Gasteiger partial charge in [-0.25, -0.2) is 4.39 Å². The molecule has 16 heavy (non-hydrogen) atoms. The fourth-order valence-electron chi connectivity index (χ4n) is 1.30. The third kappa shape index (κ3) is 5.54. The molecule has 2 heteroatoms. The van der Waals surface area contributed by atoms with Crippen molar-refractivity contribution in [2.45, 2.75) is 33.6 Å².